The normalized spacial score (nSPS) is 10.2. The van der Waals surface area contributed by atoms with Gasteiger partial charge in [0, 0.05) is 11.4 Å². The third kappa shape index (κ3) is 4.79. The lowest BCUT2D eigenvalue weighted by molar-refractivity contribution is -0.123. The van der Waals surface area contributed by atoms with E-state index in [1.54, 1.807) is 6.07 Å². The summed E-state index contributed by atoms with van der Waals surface area (Å²) in [6.45, 7) is 1.98. The second kappa shape index (κ2) is 7.74. The summed E-state index contributed by atoms with van der Waals surface area (Å²) >= 11 is 5.64. The maximum absolute atomic E-state index is 13.1. The molecule has 0 aromatic heterocycles. The maximum atomic E-state index is 13.1. The first-order valence-electron chi connectivity index (χ1n) is 7.12. The van der Waals surface area contributed by atoms with Crippen molar-refractivity contribution >= 4 is 34.8 Å². The van der Waals surface area contributed by atoms with Crippen molar-refractivity contribution in [1.82, 2.24) is 0 Å². The first-order valence-corrected chi connectivity index (χ1v) is 7.50. The van der Waals surface area contributed by atoms with Crippen LogP contribution < -0.4 is 10.6 Å². The van der Waals surface area contributed by atoms with E-state index in [4.69, 9.17) is 11.6 Å². The number of aryl methyl sites for hydroxylation is 1. The Labute approximate surface area is 138 Å². The lowest BCUT2D eigenvalue weighted by atomic mass is 10.1. The van der Waals surface area contributed by atoms with E-state index in [0.717, 1.165) is 18.1 Å². The van der Waals surface area contributed by atoms with Crippen molar-refractivity contribution in [3.05, 3.63) is 58.9 Å². The van der Waals surface area contributed by atoms with E-state index in [0.29, 0.717) is 11.4 Å². The van der Waals surface area contributed by atoms with Gasteiger partial charge in [-0.3, -0.25) is 9.59 Å². The summed E-state index contributed by atoms with van der Waals surface area (Å²) < 4.78 is 13.1. The van der Waals surface area contributed by atoms with Gasteiger partial charge >= 0.3 is 0 Å². The Hall–Kier alpha value is -2.40. The highest BCUT2D eigenvalue weighted by Crippen LogP contribution is 2.19. The van der Waals surface area contributed by atoms with Crippen molar-refractivity contribution in [2.24, 2.45) is 0 Å². The molecule has 0 spiro atoms. The van der Waals surface area contributed by atoms with Gasteiger partial charge in [0.25, 0.3) is 0 Å². The number of carbonyl (C=O) groups excluding carboxylic acids is 2. The lowest BCUT2D eigenvalue weighted by Crippen LogP contribution is -2.21. The van der Waals surface area contributed by atoms with Gasteiger partial charge in [0.1, 0.15) is 12.2 Å². The van der Waals surface area contributed by atoms with Gasteiger partial charge < -0.3 is 10.6 Å². The van der Waals surface area contributed by atoms with Crippen LogP contribution in [0.15, 0.2) is 42.5 Å². The highest BCUT2D eigenvalue weighted by atomic mass is 35.5. The molecule has 0 aliphatic heterocycles. The van der Waals surface area contributed by atoms with Gasteiger partial charge in [0.2, 0.25) is 11.8 Å². The van der Waals surface area contributed by atoms with Gasteiger partial charge in [0.15, 0.2) is 0 Å². The smallest absolute Gasteiger partial charge is 0.233 e. The second-order valence-electron chi connectivity index (χ2n) is 4.91. The fourth-order valence-electron chi connectivity index (χ4n) is 2.07. The molecule has 2 aromatic carbocycles. The predicted molar refractivity (Wildman–Crippen MR) is 89.1 cm³/mol. The summed E-state index contributed by atoms with van der Waals surface area (Å²) in [6, 6.07) is 11.2. The molecule has 6 heteroatoms. The topological polar surface area (TPSA) is 58.2 Å². The third-order valence-corrected chi connectivity index (χ3v) is 3.49. The zero-order valence-corrected chi connectivity index (χ0v) is 13.3. The summed E-state index contributed by atoms with van der Waals surface area (Å²) in [7, 11) is 0. The van der Waals surface area contributed by atoms with E-state index < -0.39 is 17.6 Å². The van der Waals surface area contributed by atoms with E-state index in [1.807, 2.05) is 25.1 Å². The fourth-order valence-corrected chi connectivity index (χ4v) is 2.25. The summed E-state index contributed by atoms with van der Waals surface area (Å²) in [6.07, 6.45) is 0.434. The van der Waals surface area contributed by atoms with Crippen LogP contribution in [0.1, 0.15) is 18.9 Å². The monoisotopic (exact) mass is 334 g/mol. The van der Waals surface area contributed by atoms with Crippen molar-refractivity contribution in [3.8, 4) is 0 Å². The second-order valence-corrected chi connectivity index (χ2v) is 5.32. The average molecular weight is 335 g/mol. The van der Waals surface area contributed by atoms with Gasteiger partial charge in [-0.25, -0.2) is 4.39 Å². The molecule has 0 unspecified atom stereocenters. The van der Waals surface area contributed by atoms with Crippen LogP contribution in [0, 0.1) is 5.82 Å². The Morgan fingerprint density at radius 1 is 1.09 bits per heavy atom. The van der Waals surface area contributed by atoms with E-state index in [1.165, 1.54) is 12.1 Å². The van der Waals surface area contributed by atoms with Crippen molar-refractivity contribution in [2.75, 3.05) is 10.6 Å². The molecule has 120 valence electrons. The summed E-state index contributed by atoms with van der Waals surface area (Å²) in [4.78, 5) is 23.8. The highest BCUT2D eigenvalue weighted by Gasteiger charge is 2.12. The molecule has 2 N–H and O–H groups in total. The number of halogens is 2. The van der Waals surface area contributed by atoms with Crippen LogP contribution in [0.2, 0.25) is 5.02 Å². The largest absolute Gasteiger partial charge is 0.326 e. The minimum Gasteiger partial charge on any atom is -0.326 e. The molecule has 0 heterocycles. The molecule has 23 heavy (non-hydrogen) atoms. The molecule has 0 saturated carbocycles. The van der Waals surface area contributed by atoms with Crippen molar-refractivity contribution in [3.63, 3.8) is 0 Å². The number of para-hydroxylation sites is 1. The number of hydrogen-bond acceptors (Lipinski definition) is 2. The van der Waals surface area contributed by atoms with E-state index in [9.17, 15) is 14.0 Å². The maximum Gasteiger partial charge on any atom is 0.233 e. The van der Waals surface area contributed by atoms with E-state index in [-0.39, 0.29) is 11.4 Å². The molecule has 0 radical (unpaired) electrons. The summed E-state index contributed by atoms with van der Waals surface area (Å²) in [5, 5.41) is 5.12. The molecule has 2 aromatic rings. The molecule has 0 bridgehead atoms. The SMILES string of the molecule is CCc1ccccc1NC(=O)CC(=O)Nc1ccc(F)c(Cl)c1. The van der Waals surface area contributed by atoms with Gasteiger partial charge in [-0.1, -0.05) is 36.7 Å². The number of nitrogens with one attached hydrogen (secondary N) is 2. The van der Waals surface area contributed by atoms with E-state index >= 15 is 0 Å². The quantitative estimate of drug-likeness (QED) is 0.812. The first-order chi connectivity index (χ1) is 11.0. The minimum absolute atomic E-state index is 0.0934. The predicted octanol–water partition coefficient (Wildman–Crippen LogP) is 4.01. The molecular formula is C17H16ClFN2O2. The number of amides is 2. The van der Waals surface area contributed by atoms with E-state index in [2.05, 4.69) is 10.6 Å². The Kier molecular flexibility index (Phi) is 5.71. The highest BCUT2D eigenvalue weighted by molar-refractivity contribution is 6.31. The Balaban J connectivity index is 1.94. The number of hydrogen-bond donors (Lipinski definition) is 2. The summed E-state index contributed by atoms with van der Waals surface area (Å²) in [5.41, 5.74) is 2.02. The van der Waals surface area contributed by atoms with Crippen molar-refractivity contribution < 1.29 is 14.0 Å². The van der Waals surface area contributed by atoms with Crippen LogP contribution in [0.4, 0.5) is 15.8 Å². The van der Waals surface area contributed by atoms with Crippen LogP contribution in [-0.4, -0.2) is 11.8 Å². The van der Waals surface area contributed by atoms with Gasteiger partial charge in [-0.15, -0.1) is 0 Å². The molecule has 4 nitrogen and oxygen atoms in total. The zero-order chi connectivity index (χ0) is 16.8. The zero-order valence-electron chi connectivity index (χ0n) is 12.5. The molecule has 0 aliphatic carbocycles. The number of benzene rings is 2. The summed E-state index contributed by atoms with van der Waals surface area (Å²) in [5.74, 6) is -1.49. The standard InChI is InChI=1S/C17H16ClFN2O2/c1-2-11-5-3-4-6-15(11)21-17(23)10-16(22)20-12-7-8-14(19)13(18)9-12/h3-9H,2,10H2,1H3,(H,20,22)(H,21,23). The first kappa shape index (κ1) is 17.0. The number of anilines is 2. The van der Waals surface area contributed by atoms with Crippen LogP contribution in [0.3, 0.4) is 0 Å². The molecular weight excluding hydrogens is 319 g/mol. The number of carbonyl (C=O) groups is 2. The molecule has 0 atom stereocenters. The van der Waals surface area contributed by atoms with Crippen molar-refractivity contribution in [1.29, 1.82) is 0 Å². The third-order valence-electron chi connectivity index (χ3n) is 3.20. The van der Waals surface area contributed by atoms with Crippen LogP contribution in [-0.2, 0) is 16.0 Å². The fraction of sp³-hybridized carbons (Fsp3) is 0.176. The van der Waals surface area contributed by atoms with Gasteiger partial charge in [-0.05, 0) is 36.2 Å². The van der Waals surface area contributed by atoms with Gasteiger partial charge in [-0.2, -0.15) is 0 Å². The van der Waals surface area contributed by atoms with Crippen LogP contribution in [0.25, 0.3) is 0 Å². The number of rotatable bonds is 5. The molecule has 0 aliphatic rings. The average Bonchev–Trinajstić information content (AvgIpc) is 2.51. The van der Waals surface area contributed by atoms with Crippen LogP contribution in [0.5, 0.6) is 0 Å². The Bertz CT molecular complexity index is 734. The molecule has 0 fully saturated rings. The minimum atomic E-state index is -0.571. The van der Waals surface area contributed by atoms with Crippen molar-refractivity contribution in [2.45, 2.75) is 19.8 Å². The van der Waals surface area contributed by atoms with Crippen LogP contribution >= 0.6 is 11.6 Å². The molecule has 0 saturated heterocycles. The molecule has 2 amide bonds. The van der Waals surface area contributed by atoms with Gasteiger partial charge in [0.05, 0.1) is 5.02 Å². The molecule has 2 rings (SSSR count). The Morgan fingerprint density at radius 3 is 2.48 bits per heavy atom. The lowest BCUT2D eigenvalue weighted by Gasteiger charge is -2.10. The Morgan fingerprint density at radius 2 is 1.78 bits per heavy atom.